The van der Waals surface area contributed by atoms with Crippen LogP contribution in [0.25, 0.3) is 0 Å². The Morgan fingerprint density at radius 1 is 1.08 bits per heavy atom. The molecule has 0 aliphatic heterocycles. The SMILES string of the molecule is C[Si](C)(C)c1c(F)cncc1F. The Kier molecular flexibility index (Phi) is 2.28. The van der Waals surface area contributed by atoms with Crippen LogP contribution in [0.2, 0.25) is 19.6 Å². The van der Waals surface area contributed by atoms with E-state index in [1.165, 1.54) is 0 Å². The lowest BCUT2D eigenvalue weighted by atomic mass is 10.4. The topological polar surface area (TPSA) is 12.9 Å². The zero-order chi connectivity index (χ0) is 9.35. The molecule has 1 nitrogen and oxygen atoms in total. The van der Waals surface area contributed by atoms with Crippen molar-refractivity contribution in [3.8, 4) is 0 Å². The summed E-state index contributed by atoms with van der Waals surface area (Å²) >= 11 is 0. The van der Waals surface area contributed by atoms with Crippen LogP contribution in [0.3, 0.4) is 0 Å². The zero-order valence-electron chi connectivity index (χ0n) is 7.36. The molecule has 1 rings (SSSR count). The van der Waals surface area contributed by atoms with Crippen molar-refractivity contribution in [2.45, 2.75) is 19.6 Å². The molecule has 0 aliphatic rings. The first-order chi connectivity index (χ1) is 5.43. The van der Waals surface area contributed by atoms with Crippen molar-refractivity contribution in [2.24, 2.45) is 0 Å². The van der Waals surface area contributed by atoms with Gasteiger partial charge in [0.15, 0.2) is 0 Å². The highest BCUT2D eigenvalue weighted by Gasteiger charge is 2.24. The molecule has 0 fully saturated rings. The smallest absolute Gasteiger partial charge is 0.143 e. The van der Waals surface area contributed by atoms with E-state index in [9.17, 15) is 8.78 Å². The van der Waals surface area contributed by atoms with Crippen LogP contribution in [0.4, 0.5) is 8.78 Å². The third-order valence-corrected chi connectivity index (χ3v) is 3.58. The fraction of sp³-hybridized carbons (Fsp3) is 0.375. The molecule has 0 amide bonds. The molecule has 0 spiro atoms. The van der Waals surface area contributed by atoms with Crippen LogP contribution in [0.15, 0.2) is 12.4 Å². The third-order valence-electron chi connectivity index (χ3n) is 1.60. The minimum atomic E-state index is -1.91. The van der Waals surface area contributed by atoms with Crippen molar-refractivity contribution in [3.05, 3.63) is 24.0 Å². The molecular formula is C8H11F2NSi. The van der Waals surface area contributed by atoms with Gasteiger partial charge in [-0.05, 0) is 0 Å². The van der Waals surface area contributed by atoms with Crippen molar-refractivity contribution in [3.63, 3.8) is 0 Å². The van der Waals surface area contributed by atoms with E-state index >= 15 is 0 Å². The molecule has 0 aromatic carbocycles. The molecule has 0 unspecified atom stereocenters. The number of nitrogens with zero attached hydrogens (tertiary/aromatic N) is 1. The van der Waals surface area contributed by atoms with Crippen molar-refractivity contribution >= 4 is 13.3 Å². The molecule has 0 saturated heterocycles. The van der Waals surface area contributed by atoms with Gasteiger partial charge in [-0.25, -0.2) is 8.78 Å². The maximum absolute atomic E-state index is 13.1. The van der Waals surface area contributed by atoms with Gasteiger partial charge in [0.25, 0.3) is 0 Å². The molecule has 66 valence electrons. The van der Waals surface area contributed by atoms with Crippen molar-refractivity contribution in [2.75, 3.05) is 0 Å². The summed E-state index contributed by atoms with van der Waals surface area (Å²) in [5.74, 6) is -1.04. The molecule has 12 heavy (non-hydrogen) atoms. The number of hydrogen-bond donors (Lipinski definition) is 0. The average molecular weight is 187 g/mol. The molecule has 4 heteroatoms. The highest BCUT2D eigenvalue weighted by molar-refractivity contribution is 6.88. The molecule has 0 aliphatic carbocycles. The fourth-order valence-electron chi connectivity index (χ4n) is 1.13. The first kappa shape index (κ1) is 9.32. The second kappa shape index (κ2) is 2.93. The second-order valence-electron chi connectivity index (χ2n) is 3.73. The summed E-state index contributed by atoms with van der Waals surface area (Å²) in [4.78, 5) is 3.43. The van der Waals surface area contributed by atoms with Crippen molar-refractivity contribution < 1.29 is 8.78 Å². The lowest BCUT2D eigenvalue weighted by Crippen LogP contribution is -2.42. The Balaban J connectivity index is 3.31. The van der Waals surface area contributed by atoms with Gasteiger partial charge in [0.1, 0.15) is 11.6 Å². The minimum Gasteiger partial charge on any atom is -0.259 e. The predicted molar refractivity (Wildman–Crippen MR) is 47.1 cm³/mol. The molecule has 0 bridgehead atoms. The highest BCUT2D eigenvalue weighted by atomic mass is 28.3. The Morgan fingerprint density at radius 3 is 1.75 bits per heavy atom. The quantitative estimate of drug-likeness (QED) is 0.612. The Labute approximate surface area is 71.5 Å². The van der Waals surface area contributed by atoms with Gasteiger partial charge in [0, 0.05) is 5.19 Å². The summed E-state index contributed by atoms with van der Waals surface area (Å²) in [5, 5.41) is 0.234. The number of aromatic nitrogens is 1. The van der Waals surface area contributed by atoms with E-state index in [2.05, 4.69) is 4.98 Å². The minimum absolute atomic E-state index is 0.234. The summed E-state index contributed by atoms with van der Waals surface area (Å²) in [6.45, 7) is 5.69. The van der Waals surface area contributed by atoms with Gasteiger partial charge in [0.2, 0.25) is 0 Å². The monoisotopic (exact) mass is 187 g/mol. The first-order valence-electron chi connectivity index (χ1n) is 3.72. The van der Waals surface area contributed by atoms with E-state index in [-0.39, 0.29) is 5.19 Å². The molecule has 0 N–H and O–H groups in total. The van der Waals surface area contributed by atoms with Crippen LogP contribution in [0, 0.1) is 11.6 Å². The summed E-state index contributed by atoms with van der Waals surface area (Å²) < 4.78 is 26.2. The van der Waals surface area contributed by atoms with Crippen LogP contribution < -0.4 is 5.19 Å². The van der Waals surface area contributed by atoms with Crippen LogP contribution >= 0.6 is 0 Å². The van der Waals surface area contributed by atoms with E-state index < -0.39 is 19.7 Å². The van der Waals surface area contributed by atoms with Gasteiger partial charge in [0.05, 0.1) is 20.5 Å². The van der Waals surface area contributed by atoms with E-state index in [0.717, 1.165) is 12.4 Å². The van der Waals surface area contributed by atoms with Crippen LogP contribution in [0.1, 0.15) is 0 Å². The first-order valence-corrected chi connectivity index (χ1v) is 7.22. The van der Waals surface area contributed by atoms with E-state index in [0.29, 0.717) is 0 Å². The standard InChI is InChI=1S/C8H11F2NSi/c1-12(2,3)8-6(9)4-11-5-7(8)10/h4-5H,1-3H3. The number of hydrogen-bond acceptors (Lipinski definition) is 1. The molecule has 1 aromatic rings. The summed E-state index contributed by atoms with van der Waals surface area (Å²) in [6, 6.07) is 0. The van der Waals surface area contributed by atoms with Gasteiger partial charge in [-0.3, -0.25) is 4.98 Å². The largest absolute Gasteiger partial charge is 0.259 e. The lowest BCUT2D eigenvalue weighted by Gasteiger charge is -2.17. The average Bonchev–Trinajstić information content (AvgIpc) is 1.82. The number of rotatable bonds is 1. The summed E-state index contributed by atoms with van der Waals surface area (Å²) in [6.07, 6.45) is 2.13. The zero-order valence-corrected chi connectivity index (χ0v) is 8.36. The molecule has 1 aromatic heterocycles. The molecule has 0 radical (unpaired) electrons. The van der Waals surface area contributed by atoms with E-state index in [4.69, 9.17) is 0 Å². The summed E-state index contributed by atoms with van der Waals surface area (Å²) in [7, 11) is -1.91. The highest BCUT2D eigenvalue weighted by Crippen LogP contribution is 2.07. The molecular weight excluding hydrogens is 176 g/mol. The summed E-state index contributed by atoms with van der Waals surface area (Å²) in [5.41, 5.74) is 0. The maximum Gasteiger partial charge on any atom is 0.143 e. The van der Waals surface area contributed by atoms with Crippen molar-refractivity contribution in [1.82, 2.24) is 4.98 Å². The molecule has 0 saturated carbocycles. The van der Waals surface area contributed by atoms with E-state index in [1.54, 1.807) is 0 Å². The Bertz CT molecular complexity index is 273. The van der Waals surface area contributed by atoms with Crippen LogP contribution in [0.5, 0.6) is 0 Å². The van der Waals surface area contributed by atoms with Gasteiger partial charge < -0.3 is 0 Å². The maximum atomic E-state index is 13.1. The normalized spacial score (nSPS) is 11.8. The Hall–Kier alpha value is -0.773. The Morgan fingerprint density at radius 2 is 1.50 bits per heavy atom. The molecule has 1 heterocycles. The molecule has 0 atom stereocenters. The van der Waals surface area contributed by atoms with Crippen LogP contribution in [-0.2, 0) is 0 Å². The predicted octanol–water partition coefficient (Wildman–Crippen LogP) is 1.91. The van der Waals surface area contributed by atoms with Crippen molar-refractivity contribution in [1.29, 1.82) is 0 Å². The van der Waals surface area contributed by atoms with Gasteiger partial charge in [-0.2, -0.15) is 0 Å². The fourth-order valence-corrected chi connectivity index (χ4v) is 2.69. The lowest BCUT2D eigenvalue weighted by molar-refractivity contribution is 0.586. The van der Waals surface area contributed by atoms with E-state index in [1.807, 2.05) is 19.6 Å². The van der Waals surface area contributed by atoms with Gasteiger partial charge in [-0.1, -0.05) is 19.6 Å². The van der Waals surface area contributed by atoms with Gasteiger partial charge >= 0.3 is 0 Å². The number of halogens is 2. The number of pyridine rings is 1. The third kappa shape index (κ3) is 1.69. The van der Waals surface area contributed by atoms with Gasteiger partial charge in [-0.15, -0.1) is 0 Å². The van der Waals surface area contributed by atoms with Crippen LogP contribution in [-0.4, -0.2) is 13.1 Å². The second-order valence-corrected chi connectivity index (χ2v) is 8.73.